The van der Waals surface area contributed by atoms with E-state index in [1.54, 1.807) is 0 Å². The summed E-state index contributed by atoms with van der Waals surface area (Å²) in [5.74, 6) is 1.13. The maximum absolute atomic E-state index is 6.02. The molecule has 0 unspecified atom stereocenters. The standard InChI is InChI=1S/C28H38ClN3/c1-4-6-8-15-28(31-22-26-16-18-27(29)19-17-26)32(21-5-2)23-24(3)30-20-11-14-25-12-9-7-10-13-25/h5,7,9-10,12-13,16-19,30H,2-4,6,8,11,14-15,20-23H2,1H3. The summed E-state index contributed by atoms with van der Waals surface area (Å²) in [6.07, 6.45) is 8.61. The number of hydrogen-bond acceptors (Lipinski definition) is 2. The number of aliphatic imine (C=N–C) groups is 1. The van der Waals surface area contributed by atoms with Crippen LogP contribution in [0.5, 0.6) is 0 Å². The maximum Gasteiger partial charge on any atom is 0.0999 e. The molecule has 0 saturated carbocycles. The van der Waals surface area contributed by atoms with Crippen LogP contribution in [0.1, 0.15) is 50.2 Å². The molecule has 4 heteroatoms. The molecule has 0 spiro atoms. The number of unbranched alkanes of at least 4 members (excludes halogenated alkanes) is 2. The molecule has 0 aromatic heterocycles. The molecule has 0 amide bonds. The highest BCUT2D eigenvalue weighted by atomic mass is 35.5. The third kappa shape index (κ3) is 10.2. The Morgan fingerprint density at radius 3 is 2.47 bits per heavy atom. The largest absolute Gasteiger partial charge is 0.387 e. The van der Waals surface area contributed by atoms with Crippen molar-refractivity contribution in [1.82, 2.24) is 10.2 Å². The zero-order valence-corrected chi connectivity index (χ0v) is 20.3. The summed E-state index contributed by atoms with van der Waals surface area (Å²) >= 11 is 6.02. The van der Waals surface area contributed by atoms with Gasteiger partial charge in [0.15, 0.2) is 0 Å². The average molecular weight is 452 g/mol. The molecular weight excluding hydrogens is 414 g/mol. The molecule has 3 nitrogen and oxygen atoms in total. The summed E-state index contributed by atoms with van der Waals surface area (Å²) in [5, 5.41) is 4.26. The third-order valence-corrected chi connectivity index (χ3v) is 5.57. The fourth-order valence-corrected chi connectivity index (χ4v) is 3.67. The van der Waals surface area contributed by atoms with Crippen LogP contribution in [0.15, 0.2) is 84.5 Å². The zero-order valence-electron chi connectivity index (χ0n) is 19.5. The van der Waals surface area contributed by atoms with Crippen LogP contribution in [0.2, 0.25) is 5.02 Å². The van der Waals surface area contributed by atoms with Crippen molar-refractivity contribution in [2.45, 2.75) is 52.0 Å². The highest BCUT2D eigenvalue weighted by molar-refractivity contribution is 6.30. The fourth-order valence-electron chi connectivity index (χ4n) is 3.55. The fraction of sp³-hybridized carbons (Fsp3) is 0.393. The minimum Gasteiger partial charge on any atom is -0.387 e. The van der Waals surface area contributed by atoms with Gasteiger partial charge in [0.2, 0.25) is 0 Å². The minimum atomic E-state index is 0.656. The van der Waals surface area contributed by atoms with Crippen molar-refractivity contribution in [3.63, 3.8) is 0 Å². The highest BCUT2D eigenvalue weighted by Crippen LogP contribution is 2.13. The minimum absolute atomic E-state index is 0.656. The van der Waals surface area contributed by atoms with Crippen LogP contribution >= 0.6 is 11.6 Å². The first kappa shape index (κ1) is 25.7. The van der Waals surface area contributed by atoms with Crippen molar-refractivity contribution in [2.24, 2.45) is 4.99 Å². The van der Waals surface area contributed by atoms with E-state index in [-0.39, 0.29) is 0 Å². The van der Waals surface area contributed by atoms with Gasteiger partial charge in [-0.1, -0.05) is 86.5 Å². The van der Waals surface area contributed by atoms with E-state index in [0.29, 0.717) is 6.54 Å². The number of benzene rings is 2. The first-order valence-corrected chi connectivity index (χ1v) is 12.1. The Kier molecular flexibility index (Phi) is 12.3. The van der Waals surface area contributed by atoms with Gasteiger partial charge in [-0.3, -0.25) is 4.99 Å². The first-order chi connectivity index (χ1) is 15.6. The topological polar surface area (TPSA) is 27.6 Å². The predicted octanol–water partition coefficient (Wildman–Crippen LogP) is 7.04. The molecule has 0 atom stereocenters. The van der Waals surface area contributed by atoms with Crippen LogP contribution < -0.4 is 5.32 Å². The number of aryl methyl sites for hydroxylation is 1. The lowest BCUT2D eigenvalue weighted by Crippen LogP contribution is -2.36. The molecule has 2 aromatic carbocycles. The first-order valence-electron chi connectivity index (χ1n) is 11.7. The van der Waals surface area contributed by atoms with E-state index in [9.17, 15) is 0 Å². The lowest BCUT2D eigenvalue weighted by atomic mass is 10.1. The summed E-state index contributed by atoms with van der Waals surface area (Å²) < 4.78 is 0. The summed E-state index contributed by atoms with van der Waals surface area (Å²) in [7, 11) is 0. The highest BCUT2D eigenvalue weighted by Gasteiger charge is 2.11. The number of hydrogen-bond donors (Lipinski definition) is 1. The second kappa shape index (κ2) is 15.3. The summed E-state index contributed by atoms with van der Waals surface area (Å²) in [6.45, 7) is 13.5. The van der Waals surface area contributed by atoms with E-state index in [0.717, 1.165) is 61.9 Å². The average Bonchev–Trinajstić information content (AvgIpc) is 2.80. The SMILES string of the molecule is C=CCN(CC(=C)NCCCc1ccccc1)C(CCCCC)=NCc1ccc(Cl)cc1. The monoisotopic (exact) mass is 451 g/mol. The van der Waals surface area contributed by atoms with Crippen LogP contribution in [0, 0.1) is 0 Å². The number of nitrogens with zero attached hydrogens (tertiary/aromatic N) is 2. The molecule has 0 bridgehead atoms. The molecule has 0 aliphatic rings. The smallest absolute Gasteiger partial charge is 0.0999 e. The Morgan fingerprint density at radius 2 is 1.78 bits per heavy atom. The van der Waals surface area contributed by atoms with Gasteiger partial charge in [0.1, 0.15) is 0 Å². The Bertz CT molecular complexity index is 828. The summed E-state index contributed by atoms with van der Waals surface area (Å²) in [6, 6.07) is 18.5. The zero-order chi connectivity index (χ0) is 23.0. The molecule has 2 rings (SSSR count). The number of rotatable bonds is 15. The van der Waals surface area contributed by atoms with Gasteiger partial charge in [0.25, 0.3) is 0 Å². The molecule has 0 radical (unpaired) electrons. The summed E-state index contributed by atoms with van der Waals surface area (Å²) in [5.41, 5.74) is 3.56. The Hall–Kier alpha value is -2.52. The second-order valence-corrected chi connectivity index (χ2v) is 8.54. The molecule has 0 heterocycles. The van der Waals surface area contributed by atoms with Gasteiger partial charge in [0, 0.05) is 30.2 Å². The maximum atomic E-state index is 6.02. The van der Waals surface area contributed by atoms with E-state index in [4.69, 9.17) is 16.6 Å². The van der Waals surface area contributed by atoms with Crippen molar-refractivity contribution >= 4 is 17.4 Å². The number of halogens is 1. The molecule has 2 aromatic rings. The van der Waals surface area contributed by atoms with Crippen LogP contribution in [0.25, 0.3) is 0 Å². The Balaban J connectivity index is 1.94. The third-order valence-electron chi connectivity index (χ3n) is 5.32. The Morgan fingerprint density at radius 1 is 1.03 bits per heavy atom. The van der Waals surface area contributed by atoms with Gasteiger partial charge >= 0.3 is 0 Å². The van der Waals surface area contributed by atoms with E-state index in [1.807, 2.05) is 30.3 Å². The number of nitrogens with one attached hydrogen (secondary N) is 1. The number of amidine groups is 1. The van der Waals surface area contributed by atoms with Crippen LogP contribution in [0.4, 0.5) is 0 Å². The van der Waals surface area contributed by atoms with E-state index in [2.05, 4.69) is 60.6 Å². The van der Waals surface area contributed by atoms with E-state index < -0.39 is 0 Å². The van der Waals surface area contributed by atoms with Crippen LogP contribution in [-0.4, -0.2) is 30.4 Å². The van der Waals surface area contributed by atoms with E-state index >= 15 is 0 Å². The normalized spacial score (nSPS) is 11.2. The van der Waals surface area contributed by atoms with Crippen LogP contribution in [0.3, 0.4) is 0 Å². The van der Waals surface area contributed by atoms with Gasteiger partial charge < -0.3 is 10.2 Å². The van der Waals surface area contributed by atoms with Gasteiger partial charge in [-0.2, -0.15) is 0 Å². The summed E-state index contributed by atoms with van der Waals surface area (Å²) in [4.78, 5) is 7.28. The molecule has 32 heavy (non-hydrogen) atoms. The molecule has 0 aliphatic carbocycles. The molecule has 1 N–H and O–H groups in total. The van der Waals surface area contributed by atoms with Crippen molar-refractivity contribution in [3.8, 4) is 0 Å². The van der Waals surface area contributed by atoms with Crippen molar-refractivity contribution in [2.75, 3.05) is 19.6 Å². The van der Waals surface area contributed by atoms with Gasteiger partial charge in [-0.25, -0.2) is 0 Å². The quantitative estimate of drug-likeness (QED) is 0.136. The van der Waals surface area contributed by atoms with E-state index in [1.165, 1.54) is 24.0 Å². The lowest BCUT2D eigenvalue weighted by molar-refractivity contribution is 0.466. The Labute approximate surface area is 199 Å². The second-order valence-electron chi connectivity index (χ2n) is 8.10. The van der Waals surface area contributed by atoms with Gasteiger partial charge in [-0.15, -0.1) is 6.58 Å². The van der Waals surface area contributed by atoms with Crippen LogP contribution in [-0.2, 0) is 13.0 Å². The lowest BCUT2D eigenvalue weighted by Gasteiger charge is -2.27. The van der Waals surface area contributed by atoms with Crippen molar-refractivity contribution in [3.05, 3.63) is 95.7 Å². The molecule has 0 saturated heterocycles. The van der Waals surface area contributed by atoms with Gasteiger partial charge in [0.05, 0.1) is 18.9 Å². The van der Waals surface area contributed by atoms with Crippen molar-refractivity contribution < 1.29 is 0 Å². The van der Waals surface area contributed by atoms with Gasteiger partial charge in [-0.05, 0) is 42.5 Å². The molecule has 0 aliphatic heterocycles. The molecule has 0 fully saturated rings. The van der Waals surface area contributed by atoms with Crippen molar-refractivity contribution in [1.29, 1.82) is 0 Å². The molecule has 172 valence electrons. The molecular formula is C28H38ClN3. The predicted molar refractivity (Wildman–Crippen MR) is 140 cm³/mol.